The average Bonchev–Trinajstić information content (AvgIpc) is 2.45. The molecular formula is C17H27N3O2. The second-order valence-electron chi connectivity index (χ2n) is 6.93. The number of anilines is 1. The molecule has 1 aromatic carbocycles. The van der Waals surface area contributed by atoms with Crippen LogP contribution in [0.4, 0.5) is 5.69 Å². The number of hydrogen-bond donors (Lipinski definition) is 2. The Morgan fingerprint density at radius 3 is 2.32 bits per heavy atom. The molecule has 0 aromatic heterocycles. The van der Waals surface area contributed by atoms with Crippen LogP contribution in [0.3, 0.4) is 0 Å². The molecular weight excluding hydrogens is 278 g/mol. The number of phenols is 1. The van der Waals surface area contributed by atoms with Crippen LogP contribution in [0, 0.1) is 0 Å². The highest BCUT2D eigenvalue weighted by Gasteiger charge is 2.28. The maximum atomic E-state index is 12.3. The van der Waals surface area contributed by atoms with Gasteiger partial charge in [0.1, 0.15) is 5.75 Å². The van der Waals surface area contributed by atoms with E-state index in [0.717, 1.165) is 31.9 Å². The first kappa shape index (κ1) is 16.6. The first-order valence-electron chi connectivity index (χ1n) is 7.87. The van der Waals surface area contributed by atoms with E-state index in [4.69, 9.17) is 0 Å². The maximum absolute atomic E-state index is 12.3. The number of phenolic OH excluding ortho intramolecular Hbond substituents is 1. The van der Waals surface area contributed by atoms with E-state index < -0.39 is 0 Å². The summed E-state index contributed by atoms with van der Waals surface area (Å²) in [6.45, 7) is 11.2. The van der Waals surface area contributed by atoms with E-state index in [1.807, 2.05) is 45.9 Å². The van der Waals surface area contributed by atoms with E-state index in [-0.39, 0.29) is 17.5 Å². The molecule has 1 unspecified atom stereocenters. The van der Waals surface area contributed by atoms with Gasteiger partial charge in [-0.1, -0.05) is 12.1 Å². The van der Waals surface area contributed by atoms with Gasteiger partial charge in [0.15, 0.2) is 0 Å². The minimum Gasteiger partial charge on any atom is -0.506 e. The third kappa shape index (κ3) is 4.13. The number of benzene rings is 1. The van der Waals surface area contributed by atoms with E-state index in [9.17, 15) is 9.90 Å². The molecule has 0 aliphatic carbocycles. The highest BCUT2D eigenvalue weighted by Crippen LogP contribution is 2.27. The fraction of sp³-hybridized carbons (Fsp3) is 0.588. The van der Waals surface area contributed by atoms with Gasteiger partial charge in [-0.05, 0) is 39.8 Å². The van der Waals surface area contributed by atoms with Crippen LogP contribution in [0.1, 0.15) is 27.7 Å². The summed E-state index contributed by atoms with van der Waals surface area (Å²) in [6.07, 6.45) is 0. The molecule has 1 heterocycles. The van der Waals surface area contributed by atoms with Crippen LogP contribution in [-0.4, -0.2) is 53.7 Å². The van der Waals surface area contributed by atoms with Gasteiger partial charge >= 0.3 is 0 Å². The molecule has 1 aliphatic heterocycles. The van der Waals surface area contributed by atoms with Crippen molar-refractivity contribution in [1.29, 1.82) is 0 Å². The van der Waals surface area contributed by atoms with E-state index in [1.165, 1.54) is 0 Å². The first-order valence-corrected chi connectivity index (χ1v) is 7.87. The molecule has 1 aromatic rings. The summed E-state index contributed by atoms with van der Waals surface area (Å²) < 4.78 is 0. The number of carbonyl (C=O) groups excluding carboxylic acids is 1. The van der Waals surface area contributed by atoms with Crippen molar-refractivity contribution in [3.63, 3.8) is 0 Å². The lowest BCUT2D eigenvalue weighted by Gasteiger charge is -2.39. The molecule has 22 heavy (non-hydrogen) atoms. The number of amides is 1. The van der Waals surface area contributed by atoms with Gasteiger partial charge in [-0.25, -0.2) is 0 Å². The van der Waals surface area contributed by atoms with Crippen LogP contribution in [0.2, 0.25) is 0 Å². The first-order chi connectivity index (χ1) is 10.3. The highest BCUT2D eigenvalue weighted by atomic mass is 16.3. The number of hydrogen-bond acceptors (Lipinski definition) is 4. The van der Waals surface area contributed by atoms with E-state index in [1.54, 1.807) is 6.07 Å². The van der Waals surface area contributed by atoms with Crippen molar-refractivity contribution < 1.29 is 9.90 Å². The standard InChI is InChI=1S/C17H27N3O2/c1-13(16(22)18-17(2,3)4)19-9-11-20(12-10-19)14-7-5-6-8-15(14)21/h5-8,13,21H,9-12H2,1-4H3,(H,18,22). The number of nitrogens with one attached hydrogen (secondary N) is 1. The summed E-state index contributed by atoms with van der Waals surface area (Å²) in [5.41, 5.74) is 0.664. The maximum Gasteiger partial charge on any atom is 0.237 e. The number of rotatable bonds is 3. The predicted octanol–water partition coefficient (Wildman–Crippen LogP) is 1.82. The van der Waals surface area contributed by atoms with Crippen LogP contribution < -0.4 is 10.2 Å². The topological polar surface area (TPSA) is 55.8 Å². The number of para-hydroxylation sites is 2. The van der Waals surface area contributed by atoms with Crippen LogP contribution in [-0.2, 0) is 4.79 Å². The number of nitrogens with zero attached hydrogens (tertiary/aromatic N) is 2. The summed E-state index contributed by atoms with van der Waals surface area (Å²) in [5, 5.41) is 13.0. The van der Waals surface area contributed by atoms with Gasteiger partial charge < -0.3 is 15.3 Å². The van der Waals surface area contributed by atoms with Gasteiger partial charge in [0, 0.05) is 31.7 Å². The van der Waals surface area contributed by atoms with Crippen molar-refractivity contribution in [3.05, 3.63) is 24.3 Å². The van der Waals surface area contributed by atoms with E-state index >= 15 is 0 Å². The predicted molar refractivity (Wildman–Crippen MR) is 89.3 cm³/mol. The van der Waals surface area contributed by atoms with Gasteiger partial charge in [-0.2, -0.15) is 0 Å². The lowest BCUT2D eigenvalue weighted by Crippen LogP contribution is -2.56. The minimum absolute atomic E-state index is 0.0727. The Balaban J connectivity index is 1.92. The monoisotopic (exact) mass is 305 g/mol. The lowest BCUT2D eigenvalue weighted by molar-refractivity contribution is -0.127. The fourth-order valence-corrected chi connectivity index (χ4v) is 2.72. The molecule has 1 fully saturated rings. The molecule has 1 aliphatic rings. The van der Waals surface area contributed by atoms with E-state index in [0.29, 0.717) is 5.75 Å². The Morgan fingerprint density at radius 1 is 1.18 bits per heavy atom. The molecule has 122 valence electrons. The largest absolute Gasteiger partial charge is 0.506 e. The van der Waals surface area contributed by atoms with Gasteiger partial charge in [0.25, 0.3) is 0 Å². The Kier molecular flexibility index (Phi) is 4.96. The molecule has 0 spiro atoms. The summed E-state index contributed by atoms with van der Waals surface area (Å²) in [6, 6.07) is 7.27. The van der Waals surface area contributed by atoms with Crippen molar-refractivity contribution in [1.82, 2.24) is 10.2 Å². The Labute approximate surface area is 132 Å². The van der Waals surface area contributed by atoms with Crippen LogP contribution in [0.5, 0.6) is 5.75 Å². The zero-order valence-corrected chi connectivity index (χ0v) is 14.0. The molecule has 0 saturated carbocycles. The third-order valence-electron chi connectivity index (χ3n) is 3.96. The van der Waals surface area contributed by atoms with Gasteiger partial charge in [0.2, 0.25) is 5.91 Å². The minimum atomic E-state index is -0.205. The van der Waals surface area contributed by atoms with Crippen molar-refractivity contribution in [2.24, 2.45) is 0 Å². The molecule has 1 atom stereocenters. The van der Waals surface area contributed by atoms with Crippen LogP contribution in [0.15, 0.2) is 24.3 Å². The molecule has 5 nitrogen and oxygen atoms in total. The molecule has 0 bridgehead atoms. The van der Waals surface area contributed by atoms with Crippen LogP contribution >= 0.6 is 0 Å². The van der Waals surface area contributed by atoms with E-state index in [2.05, 4.69) is 15.1 Å². The van der Waals surface area contributed by atoms with Crippen molar-refractivity contribution in [2.45, 2.75) is 39.3 Å². The van der Waals surface area contributed by atoms with Crippen LogP contribution in [0.25, 0.3) is 0 Å². The van der Waals surface area contributed by atoms with Gasteiger partial charge in [-0.3, -0.25) is 9.69 Å². The van der Waals surface area contributed by atoms with Gasteiger partial charge in [-0.15, -0.1) is 0 Å². The summed E-state index contributed by atoms with van der Waals surface area (Å²) in [5.74, 6) is 0.387. The molecule has 2 rings (SSSR count). The quantitative estimate of drug-likeness (QED) is 0.894. The SMILES string of the molecule is CC(C(=O)NC(C)(C)C)N1CCN(c2ccccc2O)CC1. The smallest absolute Gasteiger partial charge is 0.237 e. The summed E-state index contributed by atoms with van der Waals surface area (Å²) >= 11 is 0. The Bertz CT molecular complexity index is 517. The van der Waals surface area contributed by atoms with Crippen molar-refractivity contribution in [3.8, 4) is 5.75 Å². The normalized spacial score (nSPS) is 18.1. The number of carbonyl (C=O) groups is 1. The summed E-state index contributed by atoms with van der Waals surface area (Å²) in [7, 11) is 0. The summed E-state index contributed by atoms with van der Waals surface area (Å²) in [4.78, 5) is 16.6. The zero-order valence-electron chi connectivity index (χ0n) is 14.0. The number of aromatic hydroxyl groups is 1. The molecule has 1 saturated heterocycles. The Morgan fingerprint density at radius 2 is 1.77 bits per heavy atom. The third-order valence-corrected chi connectivity index (χ3v) is 3.96. The van der Waals surface area contributed by atoms with Crippen molar-refractivity contribution >= 4 is 11.6 Å². The lowest BCUT2D eigenvalue weighted by atomic mass is 10.1. The zero-order chi connectivity index (χ0) is 16.3. The Hall–Kier alpha value is -1.75. The molecule has 1 amide bonds. The number of piperazine rings is 1. The molecule has 2 N–H and O–H groups in total. The highest BCUT2D eigenvalue weighted by molar-refractivity contribution is 5.82. The van der Waals surface area contributed by atoms with Gasteiger partial charge in [0.05, 0.1) is 11.7 Å². The second-order valence-corrected chi connectivity index (χ2v) is 6.93. The second kappa shape index (κ2) is 6.57. The molecule has 0 radical (unpaired) electrons. The average molecular weight is 305 g/mol. The fourth-order valence-electron chi connectivity index (χ4n) is 2.72. The molecule has 5 heteroatoms. The van der Waals surface area contributed by atoms with Crippen molar-refractivity contribution in [2.75, 3.05) is 31.1 Å².